The predicted octanol–water partition coefficient (Wildman–Crippen LogP) is 2.98. The highest BCUT2D eigenvalue weighted by atomic mass is 32.2. The van der Waals surface area contributed by atoms with Crippen molar-refractivity contribution >= 4 is 17.7 Å². The Hall–Kier alpha value is -2.09. The molecule has 0 radical (unpaired) electrons. The van der Waals surface area contributed by atoms with Gasteiger partial charge in [-0.3, -0.25) is 4.79 Å². The van der Waals surface area contributed by atoms with Crippen LogP contribution in [0.15, 0.2) is 29.4 Å². The number of hydrogen-bond acceptors (Lipinski definition) is 5. The van der Waals surface area contributed by atoms with Gasteiger partial charge in [-0.05, 0) is 68.4 Å². The second kappa shape index (κ2) is 6.76. The molecule has 6 rings (SSSR count). The number of nitrogens with zero attached hydrogens (tertiary/aromatic N) is 3. The number of rotatable bonds is 5. The molecule has 8 heteroatoms. The quantitative estimate of drug-likeness (QED) is 0.594. The average Bonchev–Trinajstić information content (AvgIpc) is 2.99. The summed E-state index contributed by atoms with van der Waals surface area (Å²) >= 11 is 1.23. The van der Waals surface area contributed by atoms with E-state index in [1.807, 2.05) is 0 Å². The summed E-state index contributed by atoms with van der Waals surface area (Å²) in [6.45, 7) is 0. The highest BCUT2D eigenvalue weighted by Gasteiger charge is 2.51. The van der Waals surface area contributed by atoms with Crippen molar-refractivity contribution in [3.05, 3.63) is 30.1 Å². The zero-order chi connectivity index (χ0) is 19.3. The van der Waals surface area contributed by atoms with Gasteiger partial charge >= 0.3 is 0 Å². The van der Waals surface area contributed by atoms with Crippen LogP contribution >= 0.6 is 11.8 Å². The summed E-state index contributed by atoms with van der Waals surface area (Å²) in [4.78, 5) is 12.7. The van der Waals surface area contributed by atoms with Crippen LogP contribution in [0.4, 0.5) is 4.39 Å². The molecule has 4 aliphatic rings. The normalized spacial score (nSPS) is 30.5. The fraction of sp³-hybridized carbons (Fsp3) is 0.550. The third kappa shape index (κ3) is 3.17. The molecule has 0 saturated heterocycles. The minimum Gasteiger partial charge on any atom is -0.350 e. The van der Waals surface area contributed by atoms with Gasteiger partial charge < -0.3 is 11.2 Å². The summed E-state index contributed by atoms with van der Waals surface area (Å²) in [6.07, 6.45) is 7.41. The summed E-state index contributed by atoms with van der Waals surface area (Å²) < 4.78 is 15.2. The number of thioether (sulfide) groups is 1. The van der Waals surface area contributed by atoms with Gasteiger partial charge in [0.15, 0.2) is 5.82 Å². The number of nitrogens with two attached hydrogens (primary N) is 1. The van der Waals surface area contributed by atoms with E-state index in [0.717, 1.165) is 37.0 Å². The van der Waals surface area contributed by atoms with Crippen LogP contribution in [0.1, 0.15) is 38.5 Å². The van der Waals surface area contributed by atoms with Gasteiger partial charge in [0.2, 0.25) is 11.1 Å². The first kappa shape index (κ1) is 18.0. The Morgan fingerprint density at radius 1 is 1.18 bits per heavy atom. The molecule has 28 heavy (non-hydrogen) atoms. The van der Waals surface area contributed by atoms with E-state index < -0.39 is 5.82 Å². The molecule has 1 heterocycles. The monoisotopic (exact) mass is 401 g/mol. The number of halogens is 1. The minimum atomic E-state index is -0.405. The van der Waals surface area contributed by atoms with Crippen molar-refractivity contribution in [1.29, 1.82) is 0 Å². The van der Waals surface area contributed by atoms with Crippen LogP contribution < -0.4 is 11.2 Å². The Balaban J connectivity index is 1.24. The molecule has 0 unspecified atom stereocenters. The van der Waals surface area contributed by atoms with E-state index in [1.165, 1.54) is 41.8 Å². The Labute approximate surface area is 167 Å². The molecular formula is C20H24FN5OS. The van der Waals surface area contributed by atoms with Crippen LogP contribution in [0.25, 0.3) is 11.4 Å². The molecular weight excluding hydrogens is 377 g/mol. The maximum Gasteiger partial charge on any atom is 0.230 e. The van der Waals surface area contributed by atoms with Gasteiger partial charge in [0.1, 0.15) is 5.82 Å². The van der Waals surface area contributed by atoms with Gasteiger partial charge in [-0.15, -0.1) is 10.2 Å². The molecule has 6 nitrogen and oxygen atoms in total. The van der Waals surface area contributed by atoms with Crippen LogP contribution in [-0.4, -0.2) is 32.1 Å². The van der Waals surface area contributed by atoms with E-state index in [1.54, 1.807) is 18.2 Å². The second-order valence-corrected chi connectivity index (χ2v) is 9.63. The molecule has 1 aromatic heterocycles. The second-order valence-electron chi connectivity index (χ2n) is 8.69. The number of hydrogen-bond donors (Lipinski definition) is 2. The number of carbonyl (C=O) groups excluding carboxylic acids is 1. The largest absolute Gasteiger partial charge is 0.350 e. The molecule has 4 saturated carbocycles. The highest BCUT2D eigenvalue weighted by molar-refractivity contribution is 7.99. The van der Waals surface area contributed by atoms with Crippen molar-refractivity contribution < 1.29 is 9.18 Å². The van der Waals surface area contributed by atoms with Crippen LogP contribution in [0, 0.1) is 23.6 Å². The lowest BCUT2D eigenvalue weighted by Crippen LogP contribution is -2.60. The van der Waals surface area contributed by atoms with E-state index in [-0.39, 0.29) is 23.0 Å². The van der Waals surface area contributed by atoms with E-state index in [4.69, 9.17) is 5.84 Å². The molecule has 0 spiro atoms. The van der Waals surface area contributed by atoms with Crippen molar-refractivity contribution in [2.75, 3.05) is 11.6 Å². The van der Waals surface area contributed by atoms with E-state index >= 15 is 0 Å². The van der Waals surface area contributed by atoms with E-state index in [9.17, 15) is 9.18 Å². The lowest BCUT2D eigenvalue weighted by molar-refractivity contribution is -0.124. The maximum atomic E-state index is 14.0. The third-order valence-corrected chi connectivity index (χ3v) is 7.50. The summed E-state index contributed by atoms with van der Waals surface area (Å²) in [5, 5.41) is 11.8. The van der Waals surface area contributed by atoms with Gasteiger partial charge in [0.05, 0.1) is 11.3 Å². The maximum absolute atomic E-state index is 14.0. The first-order valence-corrected chi connectivity index (χ1v) is 10.9. The van der Waals surface area contributed by atoms with Crippen molar-refractivity contribution in [3.63, 3.8) is 0 Å². The van der Waals surface area contributed by atoms with E-state index in [0.29, 0.717) is 10.7 Å². The third-order valence-electron chi connectivity index (χ3n) is 6.55. The summed E-state index contributed by atoms with van der Waals surface area (Å²) in [5.74, 6) is 8.50. The SMILES string of the molecule is Nn1c(SCC(=O)NC23CC4CC(CC(C4)C2)C3)nnc1-c1ccccc1F. The fourth-order valence-corrected chi connectivity index (χ4v) is 6.58. The number of nitrogens with one attached hydrogen (secondary N) is 1. The molecule has 0 aliphatic heterocycles. The standard InChI is InChI=1S/C20H24FN5OS/c21-16-4-2-1-3-15(16)18-24-25-19(26(18)22)28-11-17(27)23-20-8-12-5-13(9-20)7-14(6-12)10-20/h1-4,12-14H,5-11,22H2,(H,23,27). The lowest BCUT2D eigenvalue weighted by Gasteiger charge is -2.56. The first-order chi connectivity index (χ1) is 13.5. The smallest absolute Gasteiger partial charge is 0.230 e. The molecule has 0 atom stereocenters. The highest BCUT2D eigenvalue weighted by Crippen LogP contribution is 2.55. The Bertz CT molecular complexity index is 878. The summed E-state index contributed by atoms with van der Waals surface area (Å²) in [5.41, 5.74) is 0.295. The van der Waals surface area contributed by atoms with E-state index in [2.05, 4.69) is 15.5 Å². The number of nitrogen functional groups attached to an aromatic ring is 1. The predicted molar refractivity (Wildman–Crippen MR) is 105 cm³/mol. The minimum absolute atomic E-state index is 0.00110. The molecule has 148 valence electrons. The van der Waals surface area contributed by atoms with Crippen molar-refractivity contribution in [2.45, 2.75) is 49.2 Å². The summed E-state index contributed by atoms with van der Waals surface area (Å²) in [6, 6.07) is 6.30. The van der Waals surface area contributed by atoms with Gasteiger partial charge in [0.25, 0.3) is 0 Å². The molecule has 2 aromatic rings. The van der Waals surface area contributed by atoms with Crippen LogP contribution in [-0.2, 0) is 4.79 Å². The molecule has 4 fully saturated rings. The average molecular weight is 402 g/mol. The molecule has 1 amide bonds. The van der Waals surface area contributed by atoms with Crippen LogP contribution in [0.5, 0.6) is 0 Å². The Kier molecular flexibility index (Phi) is 4.34. The van der Waals surface area contributed by atoms with Gasteiger partial charge in [-0.25, -0.2) is 9.07 Å². The Morgan fingerprint density at radius 2 is 1.82 bits per heavy atom. The zero-order valence-electron chi connectivity index (χ0n) is 15.6. The summed E-state index contributed by atoms with van der Waals surface area (Å²) in [7, 11) is 0. The topological polar surface area (TPSA) is 85.8 Å². The molecule has 1 aromatic carbocycles. The number of carbonyl (C=O) groups is 1. The molecule has 4 aliphatic carbocycles. The van der Waals surface area contributed by atoms with Crippen molar-refractivity contribution in [2.24, 2.45) is 17.8 Å². The number of aromatic nitrogens is 3. The lowest BCUT2D eigenvalue weighted by atomic mass is 9.53. The molecule has 4 bridgehead atoms. The Morgan fingerprint density at radius 3 is 2.46 bits per heavy atom. The molecule has 3 N–H and O–H groups in total. The fourth-order valence-electron chi connectivity index (χ4n) is 5.93. The van der Waals surface area contributed by atoms with Gasteiger partial charge in [-0.2, -0.15) is 0 Å². The first-order valence-electron chi connectivity index (χ1n) is 9.90. The van der Waals surface area contributed by atoms with Crippen molar-refractivity contribution in [3.8, 4) is 11.4 Å². The van der Waals surface area contributed by atoms with Gasteiger partial charge in [0, 0.05) is 5.54 Å². The van der Waals surface area contributed by atoms with Crippen molar-refractivity contribution in [1.82, 2.24) is 20.2 Å². The van der Waals surface area contributed by atoms with Crippen LogP contribution in [0.2, 0.25) is 0 Å². The number of amides is 1. The van der Waals surface area contributed by atoms with Crippen LogP contribution in [0.3, 0.4) is 0 Å². The van der Waals surface area contributed by atoms with Gasteiger partial charge in [-0.1, -0.05) is 23.9 Å². The zero-order valence-corrected chi connectivity index (χ0v) is 16.4. The number of benzene rings is 1.